The van der Waals surface area contributed by atoms with Crippen molar-refractivity contribution in [3.63, 3.8) is 0 Å². The largest absolute Gasteiger partial charge is 0.385 e. The number of nitrogens with zero attached hydrogens (tertiary/aromatic N) is 4. The van der Waals surface area contributed by atoms with Gasteiger partial charge in [-0.3, -0.25) is 0 Å². The summed E-state index contributed by atoms with van der Waals surface area (Å²) in [5.41, 5.74) is 0.0264. The lowest BCUT2D eigenvalue weighted by atomic mass is 9.78. The lowest BCUT2D eigenvalue weighted by molar-refractivity contribution is 0.0466. The molecule has 1 aromatic rings. The summed E-state index contributed by atoms with van der Waals surface area (Å²) in [4.78, 5) is 1.36. The van der Waals surface area contributed by atoms with Crippen LogP contribution in [0.1, 0.15) is 39.6 Å². The molecule has 1 aromatic heterocycles. The highest BCUT2D eigenvalue weighted by atomic mass is 16.3. The Bertz CT molecular complexity index is 302. The Morgan fingerprint density at radius 2 is 1.93 bits per heavy atom. The van der Waals surface area contributed by atoms with E-state index in [4.69, 9.17) is 0 Å². The maximum Gasteiger partial charge on any atom is 0.203 e. The van der Waals surface area contributed by atoms with Gasteiger partial charge in [-0.2, -0.15) is 4.80 Å². The van der Waals surface area contributed by atoms with E-state index in [2.05, 4.69) is 36.2 Å². The Hall–Kier alpha value is -0.970. The zero-order chi connectivity index (χ0) is 10.9. The molecule has 0 aliphatic heterocycles. The molecule has 5 nitrogen and oxygen atoms in total. The van der Waals surface area contributed by atoms with Gasteiger partial charge < -0.3 is 5.11 Å². The molecule has 1 rings (SSSR count). The smallest absolute Gasteiger partial charge is 0.203 e. The van der Waals surface area contributed by atoms with Gasteiger partial charge in [0, 0.05) is 0 Å². The van der Waals surface area contributed by atoms with Gasteiger partial charge in [0.2, 0.25) is 5.82 Å². The van der Waals surface area contributed by atoms with Crippen molar-refractivity contribution in [3.8, 4) is 0 Å². The van der Waals surface area contributed by atoms with E-state index in [1.807, 2.05) is 6.92 Å². The van der Waals surface area contributed by atoms with Crippen LogP contribution >= 0.6 is 0 Å². The predicted octanol–water partition coefficient (Wildman–Crippen LogP) is 0.926. The third-order valence-electron chi connectivity index (χ3n) is 2.63. The first-order valence-corrected chi connectivity index (χ1v) is 4.74. The second-order valence-corrected chi connectivity index (χ2v) is 4.74. The highest BCUT2D eigenvalue weighted by molar-refractivity contribution is 4.90. The van der Waals surface area contributed by atoms with E-state index in [-0.39, 0.29) is 11.3 Å². The molecule has 0 radical (unpaired) electrons. The van der Waals surface area contributed by atoms with Crippen LogP contribution in [0.15, 0.2) is 0 Å². The number of aliphatic hydroxyl groups is 1. The molecule has 0 aliphatic carbocycles. The number of hydrogen-bond acceptors (Lipinski definition) is 4. The first-order valence-electron chi connectivity index (χ1n) is 4.74. The minimum Gasteiger partial charge on any atom is -0.385 e. The van der Waals surface area contributed by atoms with Crippen molar-refractivity contribution in [2.75, 3.05) is 0 Å². The zero-order valence-corrected chi connectivity index (χ0v) is 9.39. The molecule has 80 valence electrons. The van der Waals surface area contributed by atoms with E-state index in [0.29, 0.717) is 5.82 Å². The van der Waals surface area contributed by atoms with Gasteiger partial charge in [0.1, 0.15) is 6.10 Å². The fourth-order valence-electron chi connectivity index (χ4n) is 1.11. The maximum atomic E-state index is 9.96. The van der Waals surface area contributed by atoms with Gasteiger partial charge in [-0.15, -0.1) is 10.2 Å². The van der Waals surface area contributed by atoms with Crippen LogP contribution in [0.2, 0.25) is 0 Å². The summed E-state index contributed by atoms with van der Waals surface area (Å²) in [5, 5.41) is 21.4. The Morgan fingerprint density at radius 1 is 1.36 bits per heavy atom. The maximum absolute atomic E-state index is 9.96. The van der Waals surface area contributed by atoms with Gasteiger partial charge in [0.25, 0.3) is 0 Å². The lowest BCUT2D eigenvalue weighted by Crippen LogP contribution is -2.25. The average Bonchev–Trinajstić information content (AvgIpc) is 2.47. The molecule has 0 spiro atoms. The van der Waals surface area contributed by atoms with Gasteiger partial charge in [-0.25, -0.2) is 0 Å². The zero-order valence-electron chi connectivity index (χ0n) is 9.39. The van der Waals surface area contributed by atoms with Crippen LogP contribution < -0.4 is 0 Å². The van der Waals surface area contributed by atoms with Crippen LogP contribution in [0.5, 0.6) is 0 Å². The summed E-state index contributed by atoms with van der Waals surface area (Å²) < 4.78 is 0. The standard InChI is InChI=1S/C9H18N4O/c1-6(9(2,3)4)7(14)8-10-12-13(5)11-8/h6-7,14H,1-5H3. The molecule has 5 heteroatoms. The first-order chi connectivity index (χ1) is 6.32. The van der Waals surface area contributed by atoms with Crippen molar-refractivity contribution in [1.29, 1.82) is 0 Å². The van der Waals surface area contributed by atoms with E-state index < -0.39 is 6.10 Å². The van der Waals surface area contributed by atoms with Gasteiger partial charge in [-0.1, -0.05) is 27.7 Å². The van der Waals surface area contributed by atoms with Gasteiger partial charge in [-0.05, 0) is 16.5 Å². The number of hydrogen-bond donors (Lipinski definition) is 1. The Labute approximate surface area is 84.1 Å². The van der Waals surface area contributed by atoms with E-state index in [9.17, 15) is 5.11 Å². The van der Waals surface area contributed by atoms with Gasteiger partial charge >= 0.3 is 0 Å². The molecule has 0 aliphatic rings. The topological polar surface area (TPSA) is 63.8 Å². The second kappa shape index (κ2) is 3.65. The minimum absolute atomic E-state index is 0.0264. The molecule has 0 bridgehead atoms. The highest BCUT2D eigenvalue weighted by Gasteiger charge is 2.30. The first kappa shape index (κ1) is 11.1. The van der Waals surface area contributed by atoms with Crippen molar-refractivity contribution in [1.82, 2.24) is 20.2 Å². The molecule has 0 aromatic carbocycles. The second-order valence-electron chi connectivity index (χ2n) is 4.74. The third kappa shape index (κ3) is 2.29. The molecule has 2 unspecified atom stereocenters. The molecule has 1 heterocycles. The molecule has 0 saturated carbocycles. The van der Waals surface area contributed by atoms with Crippen LogP contribution in [0.3, 0.4) is 0 Å². The lowest BCUT2D eigenvalue weighted by Gasteiger charge is -2.29. The average molecular weight is 198 g/mol. The molecule has 1 N–H and O–H groups in total. The summed E-state index contributed by atoms with van der Waals surface area (Å²) in [6.45, 7) is 8.23. The van der Waals surface area contributed by atoms with E-state index in [1.165, 1.54) is 4.80 Å². The molecular weight excluding hydrogens is 180 g/mol. The number of rotatable bonds is 2. The fourth-order valence-corrected chi connectivity index (χ4v) is 1.11. The van der Waals surface area contributed by atoms with Crippen molar-refractivity contribution >= 4 is 0 Å². The van der Waals surface area contributed by atoms with Crippen LogP contribution in [0, 0.1) is 11.3 Å². The van der Waals surface area contributed by atoms with Crippen LogP contribution in [0.4, 0.5) is 0 Å². The number of tetrazole rings is 1. The van der Waals surface area contributed by atoms with Crippen LogP contribution in [0.25, 0.3) is 0 Å². The third-order valence-corrected chi connectivity index (χ3v) is 2.63. The minimum atomic E-state index is -0.649. The molecule has 14 heavy (non-hydrogen) atoms. The molecule has 0 amide bonds. The SMILES string of the molecule is CC(C(O)c1nnn(C)n1)C(C)(C)C. The summed E-state index contributed by atoms with van der Waals surface area (Å²) in [7, 11) is 1.69. The van der Waals surface area contributed by atoms with Gasteiger partial charge in [0.15, 0.2) is 0 Å². The quantitative estimate of drug-likeness (QED) is 0.767. The molecule has 2 atom stereocenters. The monoisotopic (exact) mass is 198 g/mol. The van der Waals surface area contributed by atoms with E-state index >= 15 is 0 Å². The number of aromatic nitrogens is 4. The van der Waals surface area contributed by atoms with Crippen molar-refractivity contribution in [2.24, 2.45) is 18.4 Å². The van der Waals surface area contributed by atoms with Crippen molar-refractivity contribution < 1.29 is 5.11 Å². The molecule has 0 saturated heterocycles. The Balaban J connectivity index is 2.80. The van der Waals surface area contributed by atoms with E-state index in [1.54, 1.807) is 7.05 Å². The van der Waals surface area contributed by atoms with Crippen LogP contribution in [-0.4, -0.2) is 25.3 Å². The van der Waals surface area contributed by atoms with Gasteiger partial charge in [0.05, 0.1) is 7.05 Å². The predicted molar refractivity (Wildman–Crippen MR) is 52.4 cm³/mol. The molecule has 0 fully saturated rings. The van der Waals surface area contributed by atoms with Crippen molar-refractivity contribution in [2.45, 2.75) is 33.8 Å². The Morgan fingerprint density at radius 3 is 2.29 bits per heavy atom. The Kier molecular flexibility index (Phi) is 2.89. The van der Waals surface area contributed by atoms with E-state index in [0.717, 1.165) is 0 Å². The van der Waals surface area contributed by atoms with Crippen molar-refractivity contribution in [3.05, 3.63) is 5.82 Å². The highest BCUT2D eigenvalue weighted by Crippen LogP contribution is 2.34. The summed E-state index contributed by atoms with van der Waals surface area (Å²) in [5.74, 6) is 0.488. The molecular formula is C9H18N4O. The van der Waals surface area contributed by atoms with Crippen LogP contribution in [-0.2, 0) is 7.05 Å². The number of aryl methyl sites for hydroxylation is 1. The summed E-state index contributed by atoms with van der Waals surface area (Å²) >= 11 is 0. The summed E-state index contributed by atoms with van der Waals surface area (Å²) in [6.07, 6.45) is -0.649. The normalized spacial score (nSPS) is 16.7. The number of aliphatic hydroxyl groups excluding tert-OH is 1. The fraction of sp³-hybridized carbons (Fsp3) is 0.889. The summed E-state index contributed by atoms with van der Waals surface area (Å²) in [6, 6.07) is 0.